The molecule has 1 atom stereocenters. The Kier molecular flexibility index (Phi) is 7.69. The number of halogens is 1. The zero-order valence-electron chi connectivity index (χ0n) is 19.8. The van der Waals surface area contributed by atoms with Gasteiger partial charge in [-0.1, -0.05) is 30.7 Å². The number of ketones is 1. The van der Waals surface area contributed by atoms with E-state index in [4.69, 9.17) is 16.3 Å². The summed E-state index contributed by atoms with van der Waals surface area (Å²) < 4.78 is 5.41. The van der Waals surface area contributed by atoms with E-state index in [1.54, 1.807) is 12.1 Å². The smallest absolute Gasteiger partial charge is 0.295 e. The standard InChI is InChI=1S/C26H31ClN2O4/c1-6-13-29-22(17-9-11-18(12-10-17)28(7-2)8-3)21(24(31)26(29)32)23(30)19-14-16(4)15-20(27)25(19)33-5/h9-12,14-15,22,30H,6-8,13H2,1-5H3/b23-21+. The normalized spacial score (nSPS) is 17.5. The minimum Gasteiger partial charge on any atom is -0.507 e. The van der Waals surface area contributed by atoms with Crippen LogP contribution in [0.15, 0.2) is 42.0 Å². The number of carbonyl (C=O) groups excluding carboxylic acids is 2. The van der Waals surface area contributed by atoms with Gasteiger partial charge < -0.3 is 19.6 Å². The van der Waals surface area contributed by atoms with Gasteiger partial charge in [-0.25, -0.2) is 0 Å². The number of anilines is 1. The predicted octanol–water partition coefficient (Wildman–Crippen LogP) is 5.33. The second-order valence-electron chi connectivity index (χ2n) is 8.08. The molecule has 1 fully saturated rings. The van der Waals surface area contributed by atoms with Crippen LogP contribution in [0.4, 0.5) is 5.69 Å². The second-order valence-corrected chi connectivity index (χ2v) is 8.49. The molecule has 176 valence electrons. The second kappa shape index (κ2) is 10.3. The first-order valence-corrected chi connectivity index (χ1v) is 11.6. The van der Waals surface area contributed by atoms with Crippen LogP contribution >= 0.6 is 11.6 Å². The summed E-state index contributed by atoms with van der Waals surface area (Å²) in [5, 5.41) is 11.7. The highest BCUT2D eigenvalue weighted by molar-refractivity contribution is 6.46. The quantitative estimate of drug-likeness (QED) is 0.320. The Morgan fingerprint density at radius 2 is 1.76 bits per heavy atom. The Hall–Kier alpha value is -2.99. The van der Waals surface area contributed by atoms with Gasteiger partial charge >= 0.3 is 0 Å². The third-order valence-corrected chi connectivity index (χ3v) is 6.27. The van der Waals surface area contributed by atoms with E-state index in [1.807, 2.05) is 38.1 Å². The van der Waals surface area contributed by atoms with Crippen LogP contribution in [0.25, 0.3) is 5.76 Å². The Morgan fingerprint density at radius 3 is 2.30 bits per heavy atom. The highest BCUT2D eigenvalue weighted by Gasteiger charge is 2.46. The molecule has 1 amide bonds. The van der Waals surface area contributed by atoms with Crippen LogP contribution < -0.4 is 9.64 Å². The van der Waals surface area contributed by atoms with Crippen molar-refractivity contribution in [1.82, 2.24) is 4.90 Å². The maximum absolute atomic E-state index is 13.1. The number of aliphatic hydroxyl groups is 1. The molecule has 1 unspecified atom stereocenters. The molecule has 0 aromatic heterocycles. The van der Waals surface area contributed by atoms with E-state index < -0.39 is 17.7 Å². The molecule has 3 rings (SSSR count). The topological polar surface area (TPSA) is 70.1 Å². The number of methoxy groups -OCH3 is 1. The summed E-state index contributed by atoms with van der Waals surface area (Å²) in [4.78, 5) is 29.8. The Bertz CT molecular complexity index is 1070. The number of ether oxygens (including phenoxy) is 1. The van der Waals surface area contributed by atoms with E-state index in [9.17, 15) is 14.7 Å². The lowest BCUT2D eigenvalue weighted by Gasteiger charge is -2.26. The van der Waals surface area contributed by atoms with Crippen molar-refractivity contribution < 1.29 is 19.4 Å². The van der Waals surface area contributed by atoms with Crippen LogP contribution in [0.5, 0.6) is 5.75 Å². The summed E-state index contributed by atoms with van der Waals surface area (Å²) in [7, 11) is 1.45. The van der Waals surface area contributed by atoms with Crippen molar-refractivity contribution in [3.63, 3.8) is 0 Å². The predicted molar refractivity (Wildman–Crippen MR) is 132 cm³/mol. The molecular formula is C26H31ClN2O4. The van der Waals surface area contributed by atoms with Crippen LogP contribution in [0, 0.1) is 6.92 Å². The van der Waals surface area contributed by atoms with Crippen molar-refractivity contribution in [3.8, 4) is 5.75 Å². The molecule has 2 aromatic rings. The summed E-state index contributed by atoms with van der Waals surface area (Å²) in [5.41, 5.74) is 2.96. The average molecular weight is 471 g/mol. The molecule has 33 heavy (non-hydrogen) atoms. The molecule has 0 spiro atoms. The summed E-state index contributed by atoms with van der Waals surface area (Å²) in [6, 6.07) is 10.5. The molecule has 1 heterocycles. The van der Waals surface area contributed by atoms with Gasteiger partial charge in [0.15, 0.2) is 0 Å². The number of rotatable bonds is 8. The van der Waals surface area contributed by atoms with Crippen molar-refractivity contribution in [2.24, 2.45) is 0 Å². The van der Waals surface area contributed by atoms with Gasteiger partial charge in [-0.05, 0) is 62.6 Å². The highest BCUT2D eigenvalue weighted by Crippen LogP contribution is 2.43. The van der Waals surface area contributed by atoms with Crippen LogP contribution in [0.3, 0.4) is 0 Å². The number of hydrogen-bond donors (Lipinski definition) is 1. The van der Waals surface area contributed by atoms with E-state index >= 15 is 0 Å². The van der Waals surface area contributed by atoms with Gasteiger partial charge in [-0.15, -0.1) is 0 Å². The molecule has 0 aliphatic carbocycles. The van der Waals surface area contributed by atoms with Crippen molar-refractivity contribution >= 4 is 34.7 Å². The number of carbonyl (C=O) groups is 2. The fourth-order valence-corrected chi connectivity index (χ4v) is 4.76. The maximum Gasteiger partial charge on any atom is 0.295 e. The summed E-state index contributed by atoms with van der Waals surface area (Å²) in [5.74, 6) is -1.35. The van der Waals surface area contributed by atoms with Crippen molar-refractivity contribution in [2.75, 3.05) is 31.6 Å². The number of likely N-dealkylation sites (tertiary alicyclic amines) is 1. The largest absolute Gasteiger partial charge is 0.507 e. The third kappa shape index (κ3) is 4.58. The monoisotopic (exact) mass is 470 g/mol. The lowest BCUT2D eigenvalue weighted by molar-refractivity contribution is -0.139. The number of amides is 1. The number of benzene rings is 2. The molecule has 1 saturated heterocycles. The fourth-order valence-electron chi connectivity index (χ4n) is 4.41. The number of aliphatic hydroxyl groups excluding tert-OH is 1. The van der Waals surface area contributed by atoms with Crippen LogP contribution in [-0.4, -0.2) is 48.4 Å². The van der Waals surface area contributed by atoms with Crippen molar-refractivity contribution in [3.05, 3.63) is 63.7 Å². The molecule has 1 aliphatic rings. The number of hydrogen-bond acceptors (Lipinski definition) is 5. The molecule has 1 aliphatic heterocycles. The lowest BCUT2D eigenvalue weighted by Crippen LogP contribution is -2.30. The van der Waals surface area contributed by atoms with E-state index in [-0.39, 0.29) is 17.1 Å². The zero-order valence-corrected chi connectivity index (χ0v) is 20.6. The van der Waals surface area contributed by atoms with Gasteiger partial charge in [0.1, 0.15) is 11.5 Å². The summed E-state index contributed by atoms with van der Waals surface area (Å²) in [6.45, 7) is 10.1. The molecule has 6 nitrogen and oxygen atoms in total. The van der Waals surface area contributed by atoms with E-state index in [0.717, 1.165) is 29.9 Å². The SMILES string of the molecule is CCCN1C(=O)C(=O)/C(=C(/O)c2cc(C)cc(Cl)c2OC)C1c1ccc(N(CC)CC)cc1. The zero-order chi connectivity index (χ0) is 24.3. The van der Waals surface area contributed by atoms with Crippen molar-refractivity contribution in [2.45, 2.75) is 40.2 Å². The van der Waals surface area contributed by atoms with Gasteiger partial charge in [-0.2, -0.15) is 0 Å². The third-order valence-electron chi connectivity index (χ3n) is 5.99. The van der Waals surface area contributed by atoms with Gasteiger partial charge in [0, 0.05) is 25.3 Å². The average Bonchev–Trinajstić information content (AvgIpc) is 3.04. The molecule has 2 aromatic carbocycles. The highest BCUT2D eigenvalue weighted by atomic mass is 35.5. The first kappa shape index (κ1) is 24.6. The molecule has 1 N–H and O–H groups in total. The molecular weight excluding hydrogens is 440 g/mol. The van der Waals surface area contributed by atoms with Gasteiger partial charge in [0.25, 0.3) is 11.7 Å². The van der Waals surface area contributed by atoms with Crippen molar-refractivity contribution in [1.29, 1.82) is 0 Å². The fraction of sp³-hybridized carbons (Fsp3) is 0.385. The molecule has 0 bridgehead atoms. The molecule has 7 heteroatoms. The van der Waals surface area contributed by atoms with E-state index in [0.29, 0.717) is 23.6 Å². The first-order chi connectivity index (χ1) is 15.8. The van der Waals surface area contributed by atoms with E-state index in [1.165, 1.54) is 12.0 Å². The number of nitrogens with zero attached hydrogens (tertiary/aromatic N) is 2. The van der Waals surface area contributed by atoms with Crippen LogP contribution in [0.1, 0.15) is 49.9 Å². The Labute approximate surface area is 200 Å². The first-order valence-electron chi connectivity index (χ1n) is 11.3. The number of aryl methyl sites for hydroxylation is 1. The molecule has 0 saturated carbocycles. The van der Waals surface area contributed by atoms with E-state index in [2.05, 4.69) is 18.7 Å². The summed E-state index contributed by atoms with van der Waals surface area (Å²) >= 11 is 6.33. The number of Topliss-reactive ketones (excluding diaryl/α,β-unsaturated/α-hetero) is 1. The minimum absolute atomic E-state index is 0.0454. The van der Waals surface area contributed by atoms with Gasteiger partial charge in [0.2, 0.25) is 0 Å². The van der Waals surface area contributed by atoms with Gasteiger partial charge in [0.05, 0.1) is 29.3 Å². The lowest BCUT2D eigenvalue weighted by atomic mass is 9.94. The van der Waals surface area contributed by atoms with Gasteiger partial charge in [-0.3, -0.25) is 9.59 Å². The van der Waals surface area contributed by atoms with Crippen LogP contribution in [0.2, 0.25) is 5.02 Å². The molecule has 0 radical (unpaired) electrons. The Balaban J connectivity index is 2.21. The Morgan fingerprint density at radius 1 is 1.12 bits per heavy atom. The maximum atomic E-state index is 13.1. The van der Waals surface area contributed by atoms with Crippen LogP contribution in [-0.2, 0) is 9.59 Å². The minimum atomic E-state index is -0.710. The summed E-state index contributed by atoms with van der Waals surface area (Å²) in [6.07, 6.45) is 0.681.